The van der Waals surface area contributed by atoms with E-state index in [9.17, 15) is 27.6 Å². The summed E-state index contributed by atoms with van der Waals surface area (Å²) in [6.45, 7) is -0.398. The van der Waals surface area contributed by atoms with Gasteiger partial charge in [0.15, 0.2) is 0 Å². The molecule has 1 unspecified atom stereocenters. The van der Waals surface area contributed by atoms with E-state index in [-0.39, 0.29) is 35.8 Å². The number of alkyl halides is 4. The van der Waals surface area contributed by atoms with Gasteiger partial charge >= 0.3 is 13.3 Å². The first-order chi connectivity index (χ1) is 16.6. The van der Waals surface area contributed by atoms with Crippen molar-refractivity contribution in [1.29, 1.82) is 0 Å². The summed E-state index contributed by atoms with van der Waals surface area (Å²) >= 11 is 0. The summed E-state index contributed by atoms with van der Waals surface area (Å²) in [6.07, 6.45) is -4.38. The Morgan fingerprint density at radius 1 is 1.06 bits per heavy atom. The maximum absolute atomic E-state index is 15.3. The van der Waals surface area contributed by atoms with Gasteiger partial charge < -0.3 is 14.8 Å². The highest BCUT2D eigenvalue weighted by molar-refractivity contribution is 6.58. The fraction of sp³-hybridized carbons (Fsp3) is 0.478. The molecule has 0 spiro atoms. The topological polar surface area (TPSA) is 56.2 Å². The van der Waals surface area contributed by atoms with Gasteiger partial charge in [-0.05, 0) is 29.4 Å². The van der Waals surface area contributed by atoms with Crippen molar-refractivity contribution in [3.63, 3.8) is 0 Å². The predicted molar refractivity (Wildman–Crippen MR) is 117 cm³/mol. The zero-order valence-electron chi connectivity index (χ0n) is 18.7. The Labute approximate surface area is 199 Å². The molecule has 0 bridgehead atoms. The quantitative estimate of drug-likeness (QED) is 0.430. The number of ether oxygens (including phenoxy) is 1. The van der Waals surface area contributed by atoms with Crippen molar-refractivity contribution in [2.75, 3.05) is 39.4 Å². The molecule has 4 rings (SSSR count). The Bertz CT molecular complexity index is 1030. The molecule has 190 valence electrons. The molecule has 2 aromatic rings. The highest BCUT2D eigenvalue weighted by Gasteiger charge is 2.40. The van der Waals surface area contributed by atoms with Crippen LogP contribution in [0, 0.1) is 11.6 Å². The molecule has 35 heavy (non-hydrogen) atoms. The lowest BCUT2D eigenvalue weighted by Gasteiger charge is -2.39. The van der Waals surface area contributed by atoms with Crippen LogP contribution in [-0.2, 0) is 6.42 Å². The van der Waals surface area contributed by atoms with E-state index >= 15 is 8.78 Å². The van der Waals surface area contributed by atoms with Crippen molar-refractivity contribution in [2.45, 2.75) is 31.2 Å². The van der Waals surface area contributed by atoms with Gasteiger partial charge in [0.05, 0.1) is 19.3 Å². The van der Waals surface area contributed by atoms with E-state index in [4.69, 9.17) is 4.74 Å². The number of benzene rings is 2. The van der Waals surface area contributed by atoms with Gasteiger partial charge in [-0.15, -0.1) is 0 Å². The second kappa shape index (κ2) is 10.4. The Balaban J connectivity index is 1.62. The van der Waals surface area contributed by atoms with Gasteiger partial charge in [0.2, 0.25) is 0 Å². The summed E-state index contributed by atoms with van der Waals surface area (Å²) in [7, 11) is -1.78. The van der Waals surface area contributed by atoms with Gasteiger partial charge in [-0.2, -0.15) is 13.2 Å². The Kier molecular flexibility index (Phi) is 7.65. The van der Waals surface area contributed by atoms with Gasteiger partial charge in [-0.1, -0.05) is 18.2 Å². The van der Waals surface area contributed by atoms with E-state index in [1.54, 1.807) is 0 Å². The van der Waals surface area contributed by atoms with Crippen LogP contribution in [0.1, 0.15) is 29.2 Å². The zero-order valence-corrected chi connectivity index (χ0v) is 18.7. The molecule has 2 aliphatic rings. The van der Waals surface area contributed by atoms with E-state index in [1.165, 1.54) is 18.2 Å². The normalized spacial score (nSPS) is 19.4. The third-order valence-electron chi connectivity index (χ3n) is 6.34. The van der Waals surface area contributed by atoms with Gasteiger partial charge in [0, 0.05) is 43.9 Å². The van der Waals surface area contributed by atoms with Crippen molar-refractivity contribution in [3.8, 4) is 5.75 Å². The smallest absolute Gasteiger partial charge is 0.488 e. The van der Waals surface area contributed by atoms with Gasteiger partial charge in [-0.3, -0.25) is 14.2 Å². The molecule has 5 nitrogen and oxygen atoms in total. The lowest BCUT2D eigenvalue weighted by atomic mass is 9.76. The van der Waals surface area contributed by atoms with Crippen molar-refractivity contribution in [2.24, 2.45) is 0 Å². The molecular formula is C23H25BF6N2O3. The Morgan fingerprint density at radius 2 is 1.74 bits per heavy atom. The first-order valence-electron chi connectivity index (χ1n) is 11.3. The molecule has 1 atom stereocenters. The fourth-order valence-corrected chi connectivity index (χ4v) is 4.74. The van der Waals surface area contributed by atoms with Crippen LogP contribution in [0.15, 0.2) is 30.3 Å². The lowest BCUT2D eigenvalue weighted by molar-refractivity contribution is -0.150. The molecule has 0 aliphatic carbocycles. The molecule has 0 saturated carbocycles. The van der Waals surface area contributed by atoms with Crippen LogP contribution in [0.2, 0.25) is 0 Å². The van der Waals surface area contributed by atoms with Crippen molar-refractivity contribution in [3.05, 3.63) is 58.7 Å². The zero-order chi connectivity index (χ0) is 25.3. The molecule has 0 radical (unpaired) electrons. The van der Waals surface area contributed by atoms with Gasteiger partial charge in [0.25, 0.3) is 0 Å². The SMILES string of the molecule is OB(O)c1ccc2c(c1)CCN(CC(F)(F)F)C2c1c(F)cc(OC2CN(CCCF)C2)cc1F. The Hall–Kier alpha value is -2.28. The van der Waals surface area contributed by atoms with Crippen molar-refractivity contribution in [1.82, 2.24) is 9.80 Å². The van der Waals surface area contributed by atoms with E-state index in [2.05, 4.69) is 0 Å². The molecule has 2 heterocycles. The average molecular weight is 502 g/mol. The largest absolute Gasteiger partial charge is 0.488 e. The Morgan fingerprint density at radius 3 is 2.34 bits per heavy atom. The molecule has 12 heteroatoms. The maximum Gasteiger partial charge on any atom is 0.488 e. The van der Waals surface area contributed by atoms with Crippen LogP contribution in [0.4, 0.5) is 26.3 Å². The lowest BCUT2D eigenvalue weighted by Crippen LogP contribution is -2.53. The number of hydrogen-bond acceptors (Lipinski definition) is 5. The molecule has 2 N–H and O–H groups in total. The number of halogens is 6. The highest BCUT2D eigenvalue weighted by atomic mass is 19.4. The molecule has 2 aromatic carbocycles. The number of fused-ring (bicyclic) bond motifs is 1. The van der Waals surface area contributed by atoms with Crippen LogP contribution in [0.3, 0.4) is 0 Å². The number of rotatable bonds is 8. The molecule has 1 fully saturated rings. The first kappa shape index (κ1) is 25.8. The maximum atomic E-state index is 15.3. The first-order valence-corrected chi connectivity index (χ1v) is 11.3. The summed E-state index contributed by atoms with van der Waals surface area (Å²) in [5.41, 5.74) is 0.357. The minimum atomic E-state index is -4.59. The van der Waals surface area contributed by atoms with Crippen LogP contribution >= 0.6 is 0 Å². The summed E-state index contributed by atoms with van der Waals surface area (Å²) in [5, 5.41) is 18.9. The van der Waals surface area contributed by atoms with Crippen LogP contribution in [0.5, 0.6) is 5.75 Å². The molecule has 1 saturated heterocycles. The van der Waals surface area contributed by atoms with E-state index < -0.39 is 49.8 Å². The minimum Gasteiger partial charge on any atom is -0.488 e. The summed E-state index contributed by atoms with van der Waals surface area (Å²) in [6, 6.07) is 4.69. The van der Waals surface area contributed by atoms with Crippen molar-refractivity contribution >= 4 is 12.6 Å². The monoisotopic (exact) mass is 502 g/mol. The fourth-order valence-electron chi connectivity index (χ4n) is 4.74. The summed E-state index contributed by atoms with van der Waals surface area (Å²) < 4.78 is 88.3. The van der Waals surface area contributed by atoms with E-state index in [0.717, 1.165) is 17.0 Å². The summed E-state index contributed by atoms with van der Waals surface area (Å²) in [4.78, 5) is 2.91. The molecular weight excluding hydrogens is 477 g/mol. The molecule has 0 aromatic heterocycles. The third-order valence-corrected chi connectivity index (χ3v) is 6.34. The molecule has 0 amide bonds. The second-order valence-corrected chi connectivity index (χ2v) is 8.91. The minimum absolute atomic E-state index is 0.0731. The summed E-state index contributed by atoms with van der Waals surface area (Å²) in [5.74, 6) is -2.15. The third kappa shape index (κ3) is 5.93. The number of nitrogens with zero attached hydrogens (tertiary/aromatic N) is 2. The highest BCUT2D eigenvalue weighted by Crippen LogP contribution is 2.40. The average Bonchev–Trinajstić information content (AvgIpc) is 2.74. The van der Waals surface area contributed by atoms with Gasteiger partial charge in [-0.25, -0.2) is 8.78 Å². The van der Waals surface area contributed by atoms with Gasteiger partial charge in [0.1, 0.15) is 23.5 Å². The van der Waals surface area contributed by atoms with Crippen LogP contribution in [0.25, 0.3) is 0 Å². The number of hydrogen-bond donors (Lipinski definition) is 2. The van der Waals surface area contributed by atoms with Crippen LogP contribution in [-0.4, -0.2) is 78.6 Å². The predicted octanol–water partition coefficient (Wildman–Crippen LogP) is 2.58. The number of likely N-dealkylation sites (tertiary alicyclic amines) is 1. The van der Waals surface area contributed by atoms with Crippen molar-refractivity contribution < 1.29 is 41.1 Å². The standard InChI is InChI=1S/C23H25BF6N2O3/c25-5-1-6-31-11-17(12-31)35-16-9-19(26)21(20(27)10-16)22-18-3-2-15(24(33)34)8-14(18)4-7-32(22)13-23(28,29)30/h2-3,8-10,17,22,33-34H,1,4-7,11-13H2. The van der Waals surface area contributed by atoms with Crippen LogP contribution < -0.4 is 10.2 Å². The molecule has 2 aliphatic heterocycles. The van der Waals surface area contributed by atoms with E-state index in [0.29, 0.717) is 31.6 Å². The van der Waals surface area contributed by atoms with E-state index in [1.807, 2.05) is 4.90 Å². The second-order valence-electron chi connectivity index (χ2n) is 8.91.